The number of para-hydroxylation sites is 1. The van der Waals surface area contributed by atoms with Crippen molar-refractivity contribution in [2.75, 3.05) is 5.32 Å². The van der Waals surface area contributed by atoms with E-state index >= 15 is 0 Å². The molecule has 1 aromatic carbocycles. The zero-order chi connectivity index (χ0) is 14.7. The van der Waals surface area contributed by atoms with Gasteiger partial charge >= 0.3 is 0 Å². The van der Waals surface area contributed by atoms with Gasteiger partial charge in [0.1, 0.15) is 5.69 Å². The van der Waals surface area contributed by atoms with E-state index in [1.54, 1.807) is 54.7 Å². The van der Waals surface area contributed by atoms with Crippen molar-refractivity contribution in [1.29, 1.82) is 0 Å². The van der Waals surface area contributed by atoms with E-state index in [1.165, 1.54) is 0 Å². The highest BCUT2D eigenvalue weighted by atomic mass is 16.2. The molecular formula is C16H11N3O2. The Balaban J connectivity index is 1.91. The van der Waals surface area contributed by atoms with Crippen LogP contribution in [0.25, 0.3) is 11.0 Å². The predicted molar refractivity (Wildman–Crippen MR) is 79.3 cm³/mol. The molecule has 0 aliphatic carbocycles. The number of nitrogens with zero attached hydrogens (tertiary/aromatic N) is 2. The first-order chi connectivity index (χ1) is 10.3. The third-order valence-corrected chi connectivity index (χ3v) is 3.02. The predicted octanol–water partition coefficient (Wildman–Crippen LogP) is 2.69. The number of amides is 1. The highest BCUT2D eigenvalue weighted by Crippen LogP contribution is 2.15. The van der Waals surface area contributed by atoms with Crippen molar-refractivity contribution in [3.63, 3.8) is 0 Å². The summed E-state index contributed by atoms with van der Waals surface area (Å²) < 4.78 is 0. The zero-order valence-electron chi connectivity index (χ0n) is 11.0. The SMILES string of the molecule is O=Cc1ccccc1NC(=O)c1ccc2ncccc2n1. The summed E-state index contributed by atoms with van der Waals surface area (Å²) in [6.45, 7) is 0. The van der Waals surface area contributed by atoms with Gasteiger partial charge in [0, 0.05) is 11.8 Å². The zero-order valence-corrected chi connectivity index (χ0v) is 11.0. The Morgan fingerprint density at radius 1 is 1.00 bits per heavy atom. The minimum Gasteiger partial charge on any atom is -0.320 e. The number of carbonyl (C=O) groups is 2. The number of benzene rings is 1. The Hall–Kier alpha value is -3.08. The Kier molecular flexibility index (Phi) is 3.39. The molecule has 0 aliphatic rings. The fraction of sp³-hybridized carbons (Fsp3) is 0. The molecule has 0 atom stereocenters. The van der Waals surface area contributed by atoms with Crippen LogP contribution < -0.4 is 5.32 Å². The van der Waals surface area contributed by atoms with Crippen LogP contribution in [0.15, 0.2) is 54.7 Å². The first-order valence-corrected chi connectivity index (χ1v) is 6.35. The third-order valence-electron chi connectivity index (χ3n) is 3.02. The van der Waals surface area contributed by atoms with Gasteiger partial charge in [-0.1, -0.05) is 12.1 Å². The van der Waals surface area contributed by atoms with Gasteiger partial charge in [0.25, 0.3) is 5.91 Å². The van der Waals surface area contributed by atoms with Crippen molar-refractivity contribution in [3.05, 3.63) is 66.0 Å². The number of anilines is 1. The van der Waals surface area contributed by atoms with E-state index in [2.05, 4.69) is 15.3 Å². The molecule has 0 saturated heterocycles. The molecule has 2 aromatic heterocycles. The van der Waals surface area contributed by atoms with E-state index in [-0.39, 0.29) is 11.6 Å². The van der Waals surface area contributed by atoms with Crippen LogP contribution in [0.4, 0.5) is 5.69 Å². The first kappa shape index (κ1) is 12.9. The molecule has 5 nitrogen and oxygen atoms in total. The lowest BCUT2D eigenvalue weighted by atomic mass is 10.2. The summed E-state index contributed by atoms with van der Waals surface area (Å²) in [5.74, 6) is -0.366. The standard InChI is InChI=1S/C16H11N3O2/c20-10-11-4-1-2-5-12(11)19-16(21)15-8-7-13-14(18-15)6-3-9-17-13/h1-10H,(H,19,21). The molecule has 102 valence electrons. The number of hydrogen-bond acceptors (Lipinski definition) is 4. The lowest BCUT2D eigenvalue weighted by molar-refractivity contribution is 0.102. The van der Waals surface area contributed by atoms with Crippen LogP contribution in [-0.2, 0) is 0 Å². The molecule has 1 amide bonds. The van der Waals surface area contributed by atoms with E-state index in [0.717, 1.165) is 5.52 Å². The largest absolute Gasteiger partial charge is 0.320 e. The molecule has 0 saturated carbocycles. The average molecular weight is 277 g/mol. The molecule has 5 heteroatoms. The van der Waals surface area contributed by atoms with Gasteiger partial charge in [0.05, 0.1) is 16.7 Å². The average Bonchev–Trinajstić information content (AvgIpc) is 2.55. The number of rotatable bonds is 3. The summed E-state index contributed by atoms with van der Waals surface area (Å²) in [5, 5.41) is 2.69. The van der Waals surface area contributed by atoms with Gasteiger partial charge in [-0.3, -0.25) is 14.6 Å². The number of aldehydes is 1. The van der Waals surface area contributed by atoms with Crippen LogP contribution in [0, 0.1) is 0 Å². The van der Waals surface area contributed by atoms with E-state index < -0.39 is 0 Å². The van der Waals surface area contributed by atoms with Gasteiger partial charge < -0.3 is 5.32 Å². The van der Waals surface area contributed by atoms with E-state index in [1.807, 2.05) is 0 Å². The van der Waals surface area contributed by atoms with Gasteiger partial charge in [0.2, 0.25) is 0 Å². The molecule has 21 heavy (non-hydrogen) atoms. The topological polar surface area (TPSA) is 72.0 Å². The fourth-order valence-electron chi connectivity index (χ4n) is 1.98. The van der Waals surface area contributed by atoms with Gasteiger partial charge in [-0.25, -0.2) is 4.98 Å². The first-order valence-electron chi connectivity index (χ1n) is 6.35. The summed E-state index contributed by atoms with van der Waals surface area (Å²) in [6, 6.07) is 13.7. The van der Waals surface area contributed by atoms with Gasteiger partial charge in [-0.05, 0) is 36.4 Å². The minimum atomic E-state index is -0.366. The van der Waals surface area contributed by atoms with Crippen LogP contribution in [0.1, 0.15) is 20.8 Å². The number of nitrogens with one attached hydrogen (secondary N) is 1. The second kappa shape index (κ2) is 5.50. The maximum absolute atomic E-state index is 12.2. The third kappa shape index (κ3) is 2.62. The molecule has 0 aliphatic heterocycles. The van der Waals surface area contributed by atoms with Crippen LogP contribution in [-0.4, -0.2) is 22.2 Å². The molecule has 0 fully saturated rings. The normalized spacial score (nSPS) is 10.3. The Morgan fingerprint density at radius 3 is 2.71 bits per heavy atom. The van der Waals surface area contributed by atoms with Crippen molar-refractivity contribution >= 4 is 28.9 Å². The van der Waals surface area contributed by atoms with Gasteiger partial charge in [-0.2, -0.15) is 0 Å². The van der Waals surface area contributed by atoms with Crippen LogP contribution in [0.3, 0.4) is 0 Å². The quantitative estimate of drug-likeness (QED) is 0.747. The molecule has 2 heterocycles. The Morgan fingerprint density at radius 2 is 1.86 bits per heavy atom. The Labute approximate surface area is 120 Å². The molecule has 3 aromatic rings. The second-order valence-electron chi connectivity index (χ2n) is 4.40. The number of aromatic nitrogens is 2. The lowest BCUT2D eigenvalue weighted by Crippen LogP contribution is -2.14. The van der Waals surface area contributed by atoms with Crippen molar-refractivity contribution in [2.24, 2.45) is 0 Å². The van der Waals surface area contributed by atoms with E-state index in [0.29, 0.717) is 23.1 Å². The van der Waals surface area contributed by atoms with E-state index in [4.69, 9.17) is 0 Å². The van der Waals surface area contributed by atoms with Gasteiger partial charge in [0.15, 0.2) is 6.29 Å². The number of fused-ring (bicyclic) bond motifs is 1. The smallest absolute Gasteiger partial charge is 0.274 e. The molecule has 3 rings (SSSR count). The lowest BCUT2D eigenvalue weighted by Gasteiger charge is -2.07. The van der Waals surface area contributed by atoms with E-state index in [9.17, 15) is 9.59 Å². The Bertz CT molecular complexity index is 830. The molecule has 0 spiro atoms. The molecule has 0 radical (unpaired) electrons. The monoisotopic (exact) mass is 277 g/mol. The van der Waals surface area contributed by atoms with Crippen LogP contribution >= 0.6 is 0 Å². The van der Waals surface area contributed by atoms with Crippen molar-refractivity contribution in [1.82, 2.24) is 9.97 Å². The number of carbonyl (C=O) groups excluding carboxylic acids is 2. The molecular weight excluding hydrogens is 266 g/mol. The number of pyridine rings is 2. The van der Waals surface area contributed by atoms with Crippen molar-refractivity contribution in [2.45, 2.75) is 0 Å². The molecule has 1 N–H and O–H groups in total. The summed E-state index contributed by atoms with van der Waals surface area (Å²) in [6.07, 6.45) is 2.37. The summed E-state index contributed by atoms with van der Waals surface area (Å²) in [5.41, 5.74) is 2.53. The highest BCUT2D eigenvalue weighted by molar-refractivity contribution is 6.06. The second-order valence-corrected chi connectivity index (χ2v) is 4.40. The summed E-state index contributed by atoms with van der Waals surface area (Å²) in [7, 11) is 0. The van der Waals surface area contributed by atoms with Crippen molar-refractivity contribution < 1.29 is 9.59 Å². The maximum atomic E-state index is 12.2. The minimum absolute atomic E-state index is 0.274. The van der Waals surface area contributed by atoms with Crippen LogP contribution in [0.5, 0.6) is 0 Å². The summed E-state index contributed by atoms with van der Waals surface area (Å²) >= 11 is 0. The maximum Gasteiger partial charge on any atom is 0.274 e. The molecule has 0 unspecified atom stereocenters. The van der Waals surface area contributed by atoms with Gasteiger partial charge in [-0.15, -0.1) is 0 Å². The molecule has 0 bridgehead atoms. The highest BCUT2D eigenvalue weighted by Gasteiger charge is 2.10. The fourth-order valence-corrected chi connectivity index (χ4v) is 1.98. The number of hydrogen-bond donors (Lipinski definition) is 1. The summed E-state index contributed by atoms with van der Waals surface area (Å²) in [4.78, 5) is 31.6. The van der Waals surface area contributed by atoms with Crippen molar-refractivity contribution in [3.8, 4) is 0 Å². The van der Waals surface area contributed by atoms with Crippen LogP contribution in [0.2, 0.25) is 0 Å².